The van der Waals surface area contributed by atoms with Gasteiger partial charge in [-0.3, -0.25) is 9.59 Å². The van der Waals surface area contributed by atoms with Gasteiger partial charge in [0.1, 0.15) is 17.3 Å². The predicted molar refractivity (Wildman–Crippen MR) is 118 cm³/mol. The van der Waals surface area contributed by atoms with E-state index in [1.54, 1.807) is 37.4 Å². The average molecular weight is 424 g/mol. The van der Waals surface area contributed by atoms with Gasteiger partial charge in [-0.15, -0.1) is 0 Å². The van der Waals surface area contributed by atoms with E-state index in [1.165, 1.54) is 12.0 Å². The van der Waals surface area contributed by atoms with Crippen molar-refractivity contribution in [2.75, 3.05) is 41.4 Å². The molecule has 31 heavy (non-hydrogen) atoms. The molecule has 0 unspecified atom stereocenters. The molecule has 0 bridgehead atoms. The van der Waals surface area contributed by atoms with Crippen molar-refractivity contribution in [1.82, 2.24) is 9.80 Å². The molecule has 1 saturated heterocycles. The summed E-state index contributed by atoms with van der Waals surface area (Å²) in [5.74, 6) is -0.481. The van der Waals surface area contributed by atoms with Crippen LogP contribution in [0.1, 0.15) is 23.6 Å². The van der Waals surface area contributed by atoms with Crippen molar-refractivity contribution in [2.45, 2.75) is 12.5 Å². The van der Waals surface area contributed by atoms with E-state index in [0.29, 0.717) is 35.6 Å². The predicted octanol–water partition coefficient (Wildman–Crippen LogP) is 3.08. The quantitative estimate of drug-likeness (QED) is 0.399. The lowest BCUT2D eigenvalue weighted by Crippen LogP contribution is -2.32. The van der Waals surface area contributed by atoms with E-state index in [9.17, 15) is 14.7 Å². The van der Waals surface area contributed by atoms with Crippen LogP contribution >= 0.6 is 0 Å². The highest BCUT2D eigenvalue weighted by Gasteiger charge is 2.46. The number of carbonyl (C=O) groups excluding carboxylic acids is 2. The minimum absolute atomic E-state index is 0.0487. The summed E-state index contributed by atoms with van der Waals surface area (Å²) in [7, 11) is 6.97. The third kappa shape index (κ3) is 4.56. The number of aliphatic hydroxyl groups is 1. The average Bonchev–Trinajstić information content (AvgIpc) is 3.03. The molecule has 0 radical (unpaired) electrons. The van der Waals surface area contributed by atoms with Crippen molar-refractivity contribution in [3.8, 4) is 11.5 Å². The number of likely N-dealkylation sites (tertiary alicyclic amines) is 1. The van der Waals surface area contributed by atoms with Crippen LogP contribution in [0, 0.1) is 0 Å². The maximum absolute atomic E-state index is 13.1. The number of Topliss-reactive ketones (excluding diaryl/α,β-unsaturated/α-hetero) is 1. The first-order chi connectivity index (χ1) is 14.9. The molecule has 2 aromatic rings. The first-order valence-corrected chi connectivity index (χ1v) is 10.1. The summed E-state index contributed by atoms with van der Waals surface area (Å²) in [5.41, 5.74) is 1.11. The van der Waals surface area contributed by atoms with Crippen LogP contribution in [0.15, 0.2) is 54.1 Å². The first kappa shape index (κ1) is 22.4. The number of methoxy groups -OCH3 is 2. The number of carbonyl (C=O) groups is 2. The fourth-order valence-electron chi connectivity index (χ4n) is 3.81. The molecular formula is C24H28N2O5. The van der Waals surface area contributed by atoms with E-state index in [1.807, 2.05) is 37.2 Å². The highest BCUT2D eigenvalue weighted by atomic mass is 16.5. The Labute approximate surface area is 182 Å². The normalized spacial score (nSPS) is 18.0. The van der Waals surface area contributed by atoms with Gasteiger partial charge in [0.05, 0.1) is 25.8 Å². The smallest absolute Gasteiger partial charge is 0.295 e. The van der Waals surface area contributed by atoms with Gasteiger partial charge in [-0.1, -0.05) is 30.3 Å². The Morgan fingerprint density at radius 3 is 2.48 bits per heavy atom. The molecule has 1 heterocycles. The standard InChI is InChI=1S/C24H28N2O5/c1-25(2)13-8-14-26-21(18-11-5-6-12-19(18)31-4)20(23(28)24(26)29)22(27)16-9-7-10-17(15-16)30-3/h5-7,9-12,15,21,27H,8,13-14H2,1-4H3/t21-/m1/s1. The number of aliphatic hydroxyl groups excluding tert-OH is 1. The Balaban J connectivity index is 2.15. The number of para-hydroxylation sites is 1. The second kappa shape index (κ2) is 9.66. The molecule has 1 N–H and O–H groups in total. The number of hydrogen-bond donors (Lipinski definition) is 1. The molecule has 1 fully saturated rings. The second-order valence-electron chi connectivity index (χ2n) is 7.62. The largest absolute Gasteiger partial charge is 0.507 e. The lowest BCUT2D eigenvalue weighted by atomic mass is 9.94. The molecule has 0 aromatic heterocycles. The Morgan fingerprint density at radius 2 is 1.81 bits per heavy atom. The van der Waals surface area contributed by atoms with Gasteiger partial charge < -0.3 is 24.4 Å². The summed E-state index contributed by atoms with van der Waals surface area (Å²) in [5, 5.41) is 11.1. The number of nitrogens with zero attached hydrogens (tertiary/aromatic N) is 2. The Morgan fingerprint density at radius 1 is 1.06 bits per heavy atom. The number of amides is 1. The molecular weight excluding hydrogens is 396 g/mol. The van der Waals surface area contributed by atoms with E-state index in [4.69, 9.17) is 9.47 Å². The van der Waals surface area contributed by atoms with Crippen LogP contribution in [0.3, 0.4) is 0 Å². The molecule has 3 rings (SSSR count). The number of ether oxygens (including phenoxy) is 2. The molecule has 1 aliphatic heterocycles. The van der Waals surface area contributed by atoms with Crippen LogP contribution in [0.2, 0.25) is 0 Å². The van der Waals surface area contributed by atoms with Crippen molar-refractivity contribution in [3.05, 3.63) is 65.2 Å². The lowest BCUT2D eigenvalue weighted by molar-refractivity contribution is -0.140. The van der Waals surface area contributed by atoms with Crippen LogP contribution in [-0.4, -0.2) is 68.0 Å². The van der Waals surface area contributed by atoms with Crippen molar-refractivity contribution in [3.63, 3.8) is 0 Å². The minimum Gasteiger partial charge on any atom is -0.507 e. The van der Waals surface area contributed by atoms with E-state index in [0.717, 1.165) is 6.54 Å². The van der Waals surface area contributed by atoms with Crippen LogP contribution < -0.4 is 9.47 Å². The zero-order valence-corrected chi connectivity index (χ0v) is 18.3. The number of rotatable bonds is 8. The van der Waals surface area contributed by atoms with Crippen molar-refractivity contribution < 1.29 is 24.2 Å². The molecule has 0 aliphatic carbocycles. The summed E-state index contributed by atoms with van der Waals surface area (Å²) >= 11 is 0. The summed E-state index contributed by atoms with van der Waals surface area (Å²) < 4.78 is 10.7. The van der Waals surface area contributed by atoms with E-state index in [-0.39, 0.29) is 11.3 Å². The molecule has 2 aromatic carbocycles. The van der Waals surface area contributed by atoms with Crippen LogP contribution in [0.25, 0.3) is 5.76 Å². The second-order valence-corrected chi connectivity index (χ2v) is 7.62. The monoisotopic (exact) mass is 424 g/mol. The van der Waals surface area contributed by atoms with Gasteiger partial charge in [0.15, 0.2) is 0 Å². The molecule has 7 nitrogen and oxygen atoms in total. The highest BCUT2D eigenvalue weighted by molar-refractivity contribution is 6.46. The van der Waals surface area contributed by atoms with E-state index in [2.05, 4.69) is 0 Å². The van der Waals surface area contributed by atoms with E-state index >= 15 is 0 Å². The molecule has 1 aliphatic rings. The third-order valence-electron chi connectivity index (χ3n) is 5.32. The molecule has 0 saturated carbocycles. The highest BCUT2D eigenvalue weighted by Crippen LogP contribution is 2.42. The van der Waals surface area contributed by atoms with Crippen molar-refractivity contribution in [2.24, 2.45) is 0 Å². The van der Waals surface area contributed by atoms with Crippen LogP contribution in [0.5, 0.6) is 11.5 Å². The third-order valence-corrected chi connectivity index (χ3v) is 5.32. The summed E-state index contributed by atoms with van der Waals surface area (Å²) in [6, 6.07) is 13.3. The van der Waals surface area contributed by atoms with Gasteiger partial charge in [-0.2, -0.15) is 0 Å². The summed E-state index contributed by atoms with van der Waals surface area (Å²) in [6.45, 7) is 1.14. The van der Waals surface area contributed by atoms with Gasteiger partial charge in [-0.25, -0.2) is 0 Å². The summed E-state index contributed by atoms with van der Waals surface area (Å²) in [4.78, 5) is 29.6. The SMILES string of the molecule is COc1cccc(C(O)=C2C(=O)C(=O)N(CCCN(C)C)[C@@H]2c2ccccc2OC)c1. The van der Waals surface area contributed by atoms with Gasteiger partial charge in [0, 0.05) is 17.7 Å². The fourth-order valence-corrected chi connectivity index (χ4v) is 3.81. The van der Waals surface area contributed by atoms with Gasteiger partial charge in [-0.05, 0) is 45.3 Å². The van der Waals surface area contributed by atoms with Crippen LogP contribution in [0.4, 0.5) is 0 Å². The number of ketones is 1. The van der Waals surface area contributed by atoms with E-state index < -0.39 is 17.7 Å². The number of benzene rings is 2. The number of hydrogen-bond acceptors (Lipinski definition) is 6. The zero-order valence-electron chi connectivity index (χ0n) is 18.3. The Hall–Kier alpha value is -3.32. The zero-order chi connectivity index (χ0) is 22.5. The maximum atomic E-state index is 13.1. The van der Waals surface area contributed by atoms with Crippen molar-refractivity contribution >= 4 is 17.4 Å². The minimum atomic E-state index is -0.746. The lowest BCUT2D eigenvalue weighted by Gasteiger charge is -2.27. The van der Waals surface area contributed by atoms with Gasteiger partial charge in [0.2, 0.25) is 0 Å². The first-order valence-electron chi connectivity index (χ1n) is 10.1. The van der Waals surface area contributed by atoms with Gasteiger partial charge >= 0.3 is 0 Å². The summed E-state index contributed by atoms with van der Waals surface area (Å²) in [6.07, 6.45) is 0.685. The maximum Gasteiger partial charge on any atom is 0.295 e. The van der Waals surface area contributed by atoms with Gasteiger partial charge in [0.25, 0.3) is 11.7 Å². The Kier molecular flexibility index (Phi) is 6.97. The molecule has 7 heteroatoms. The Bertz CT molecular complexity index is 999. The fraction of sp³-hybridized carbons (Fsp3) is 0.333. The van der Waals surface area contributed by atoms with Crippen LogP contribution in [-0.2, 0) is 9.59 Å². The molecule has 164 valence electrons. The molecule has 1 amide bonds. The molecule has 0 spiro atoms. The topological polar surface area (TPSA) is 79.3 Å². The molecule has 1 atom stereocenters. The van der Waals surface area contributed by atoms with Crippen molar-refractivity contribution in [1.29, 1.82) is 0 Å².